The smallest absolute Gasteiger partial charge is 0.230 e. The summed E-state index contributed by atoms with van der Waals surface area (Å²) in [5.41, 5.74) is 4.57. The fraction of sp³-hybridized carbons (Fsp3) is 0.174. The molecule has 0 bridgehead atoms. The van der Waals surface area contributed by atoms with Crippen molar-refractivity contribution >= 4 is 22.4 Å². The van der Waals surface area contributed by atoms with E-state index in [0.29, 0.717) is 11.7 Å². The second-order valence-electron chi connectivity index (χ2n) is 6.86. The number of hydrogen-bond donors (Lipinski definition) is 1. The highest BCUT2D eigenvalue weighted by Gasteiger charge is 2.11. The number of aryl methyl sites for hydroxylation is 2. The molecule has 0 atom stereocenters. The molecule has 4 rings (SSSR count). The monoisotopic (exact) mass is 419 g/mol. The SMILES string of the molecule is Cc1noc(C)c1COc1ccc(CC(=O)Nc2nc(-c3ccccc3)cs2)cc1. The first-order valence-corrected chi connectivity index (χ1v) is 10.4. The second kappa shape index (κ2) is 8.92. The van der Waals surface area contributed by atoms with Crippen LogP contribution in [0.3, 0.4) is 0 Å². The molecule has 30 heavy (non-hydrogen) atoms. The predicted octanol–water partition coefficient (Wildman–Crippen LogP) is 5.18. The molecule has 152 valence electrons. The van der Waals surface area contributed by atoms with E-state index in [4.69, 9.17) is 9.26 Å². The van der Waals surface area contributed by atoms with Gasteiger partial charge in [-0.05, 0) is 31.5 Å². The molecule has 0 unspecified atom stereocenters. The third-order valence-corrected chi connectivity index (χ3v) is 5.43. The van der Waals surface area contributed by atoms with Gasteiger partial charge in [0.15, 0.2) is 5.13 Å². The van der Waals surface area contributed by atoms with E-state index in [-0.39, 0.29) is 12.3 Å². The fourth-order valence-electron chi connectivity index (χ4n) is 2.99. The molecule has 2 aromatic carbocycles. The molecule has 4 aromatic rings. The van der Waals surface area contributed by atoms with Crippen LogP contribution in [-0.4, -0.2) is 16.0 Å². The molecule has 1 amide bonds. The highest BCUT2D eigenvalue weighted by atomic mass is 32.1. The van der Waals surface area contributed by atoms with Crippen molar-refractivity contribution in [2.75, 3.05) is 5.32 Å². The molecule has 7 heteroatoms. The number of thiazole rings is 1. The molecule has 0 spiro atoms. The topological polar surface area (TPSA) is 77.2 Å². The number of aromatic nitrogens is 2. The van der Waals surface area contributed by atoms with Crippen LogP contribution in [0.4, 0.5) is 5.13 Å². The van der Waals surface area contributed by atoms with Crippen molar-refractivity contribution in [3.05, 3.63) is 82.6 Å². The van der Waals surface area contributed by atoms with Crippen LogP contribution in [0.15, 0.2) is 64.5 Å². The number of nitrogens with zero attached hydrogens (tertiary/aromatic N) is 2. The van der Waals surface area contributed by atoms with E-state index >= 15 is 0 Å². The lowest BCUT2D eigenvalue weighted by Gasteiger charge is -2.07. The van der Waals surface area contributed by atoms with Crippen LogP contribution in [0, 0.1) is 13.8 Å². The van der Waals surface area contributed by atoms with E-state index < -0.39 is 0 Å². The third kappa shape index (κ3) is 4.75. The van der Waals surface area contributed by atoms with E-state index in [1.54, 1.807) is 0 Å². The number of rotatable bonds is 7. The lowest BCUT2D eigenvalue weighted by atomic mass is 10.1. The van der Waals surface area contributed by atoms with Gasteiger partial charge in [-0.1, -0.05) is 47.6 Å². The largest absolute Gasteiger partial charge is 0.489 e. The van der Waals surface area contributed by atoms with Gasteiger partial charge in [0.1, 0.15) is 18.1 Å². The highest BCUT2D eigenvalue weighted by molar-refractivity contribution is 7.14. The summed E-state index contributed by atoms with van der Waals surface area (Å²) in [6, 6.07) is 17.4. The minimum atomic E-state index is -0.103. The van der Waals surface area contributed by atoms with E-state index in [2.05, 4.69) is 15.5 Å². The first kappa shape index (κ1) is 19.8. The van der Waals surface area contributed by atoms with Gasteiger partial charge >= 0.3 is 0 Å². The summed E-state index contributed by atoms with van der Waals surface area (Å²) in [4.78, 5) is 16.9. The summed E-state index contributed by atoms with van der Waals surface area (Å²) in [6.45, 7) is 4.16. The lowest BCUT2D eigenvalue weighted by Crippen LogP contribution is -2.14. The minimum Gasteiger partial charge on any atom is -0.489 e. The van der Waals surface area contributed by atoms with Crippen LogP contribution in [0.1, 0.15) is 22.6 Å². The summed E-state index contributed by atoms with van der Waals surface area (Å²) >= 11 is 1.42. The maximum atomic E-state index is 12.4. The van der Waals surface area contributed by atoms with Gasteiger partial charge in [0.2, 0.25) is 5.91 Å². The van der Waals surface area contributed by atoms with E-state index in [9.17, 15) is 4.79 Å². The van der Waals surface area contributed by atoms with Crippen molar-refractivity contribution in [2.24, 2.45) is 0 Å². The molecular weight excluding hydrogens is 398 g/mol. The van der Waals surface area contributed by atoms with Crippen LogP contribution < -0.4 is 10.1 Å². The Balaban J connectivity index is 1.31. The van der Waals surface area contributed by atoms with E-state index in [0.717, 1.165) is 39.6 Å². The van der Waals surface area contributed by atoms with Crippen molar-refractivity contribution < 1.29 is 14.1 Å². The molecule has 0 aliphatic rings. The van der Waals surface area contributed by atoms with Crippen molar-refractivity contribution in [1.82, 2.24) is 10.1 Å². The molecule has 0 radical (unpaired) electrons. The Hall–Kier alpha value is -3.45. The zero-order valence-corrected chi connectivity index (χ0v) is 17.5. The summed E-state index contributed by atoms with van der Waals surface area (Å²) in [7, 11) is 0. The fourth-order valence-corrected chi connectivity index (χ4v) is 3.72. The molecule has 1 N–H and O–H groups in total. The Labute approximate surface area is 178 Å². The lowest BCUT2D eigenvalue weighted by molar-refractivity contribution is -0.115. The van der Waals surface area contributed by atoms with Crippen LogP contribution >= 0.6 is 11.3 Å². The molecule has 0 aliphatic heterocycles. The second-order valence-corrected chi connectivity index (χ2v) is 7.72. The average Bonchev–Trinajstić information content (AvgIpc) is 3.35. The molecule has 2 aromatic heterocycles. The van der Waals surface area contributed by atoms with Gasteiger partial charge < -0.3 is 14.6 Å². The Bertz CT molecular complexity index is 1110. The van der Waals surface area contributed by atoms with Gasteiger partial charge in [-0.25, -0.2) is 4.98 Å². The van der Waals surface area contributed by atoms with Gasteiger partial charge in [0.25, 0.3) is 0 Å². The average molecular weight is 420 g/mol. The number of anilines is 1. The van der Waals surface area contributed by atoms with Crippen LogP contribution in [0.25, 0.3) is 11.3 Å². The Morgan fingerprint density at radius 2 is 1.87 bits per heavy atom. The molecule has 2 heterocycles. The zero-order valence-electron chi connectivity index (χ0n) is 16.7. The van der Waals surface area contributed by atoms with Crippen molar-refractivity contribution in [3.63, 3.8) is 0 Å². The summed E-state index contributed by atoms with van der Waals surface area (Å²) < 4.78 is 10.9. The molecule has 0 fully saturated rings. The number of carbonyl (C=O) groups is 1. The van der Waals surface area contributed by atoms with Gasteiger partial charge in [-0.3, -0.25) is 4.79 Å². The van der Waals surface area contributed by atoms with E-state index in [1.165, 1.54) is 11.3 Å². The number of nitrogens with one attached hydrogen (secondary N) is 1. The molecule has 0 aliphatic carbocycles. The summed E-state index contributed by atoms with van der Waals surface area (Å²) in [5, 5.41) is 9.33. The zero-order chi connectivity index (χ0) is 20.9. The van der Waals surface area contributed by atoms with Crippen LogP contribution in [0.2, 0.25) is 0 Å². The highest BCUT2D eigenvalue weighted by Crippen LogP contribution is 2.25. The van der Waals surface area contributed by atoms with Crippen molar-refractivity contribution in [1.29, 1.82) is 0 Å². The molecule has 6 nitrogen and oxygen atoms in total. The first-order valence-electron chi connectivity index (χ1n) is 9.53. The Morgan fingerprint density at radius 3 is 2.57 bits per heavy atom. The number of amides is 1. The van der Waals surface area contributed by atoms with Gasteiger partial charge in [0, 0.05) is 10.9 Å². The molecule has 0 saturated carbocycles. The van der Waals surface area contributed by atoms with Crippen LogP contribution in [-0.2, 0) is 17.8 Å². The normalized spacial score (nSPS) is 10.7. The van der Waals surface area contributed by atoms with Gasteiger partial charge in [-0.2, -0.15) is 0 Å². The predicted molar refractivity (Wildman–Crippen MR) is 117 cm³/mol. The summed E-state index contributed by atoms with van der Waals surface area (Å²) in [5.74, 6) is 1.39. The third-order valence-electron chi connectivity index (χ3n) is 4.67. The quantitative estimate of drug-likeness (QED) is 0.447. The maximum absolute atomic E-state index is 12.4. The first-order chi connectivity index (χ1) is 14.6. The van der Waals surface area contributed by atoms with Crippen LogP contribution in [0.5, 0.6) is 5.75 Å². The number of benzene rings is 2. The minimum absolute atomic E-state index is 0.103. The van der Waals surface area contributed by atoms with Crippen molar-refractivity contribution in [2.45, 2.75) is 26.9 Å². The molecular formula is C23H21N3O3S. The maximum Gasteiger partial charge on any atom is 0.230 e. The number of ether oxygens (including phenoxy) is 1. The standard InChI is InChI=1S/C23H21N3O3S/c1-15-20(16(2)29-26-15)13-28-19-10-8-17(9-11-19)12-22(27)25-23-24-21(14-30-23)18-6-4-3-5-7-18/h3-11,14H,12-13H2,1-2H3,(H,24,25,27). The van der Waals surface area contributed by atoms with Gasteiger partial charge in [-0.15, -0.1) is 11.3 Å². The van der Waals surface area contributed by atoms with Crippen molar-refractivity contribution in [3.8, 4) is 17.0 Å². The Kier molecular flexibility index (Phi) is 5.90. The summed E-state index contributed by atoms with van der Waals surface area (Å²) in [6.07, 6.45) is 0.268. The van der Waals surface area contributed by atoms with E-state index in [1.807, 2.05) is 73.8 Å². The Morgan fingerprint density at radius 1 is 1.10 bits per heavy atom. The van der Waals surface area contributed by atoms with Gasteiger partial charge in [0.05, 0.1) is 23.4 Å². The number of carbonyl (C=O) groups excluding carboxylic acids is 1. The molecule has 0 saturated heterocycles. The number of hydrogen-bond acceptors (Lipinski definition) is 6.